The molecule has 0 N–H and O–H groups in total. The van der Waals surface area contributed by atoms with Gasteiger partial charge in [-0.05, 0) is 176 Å². The molecular weight excluding hydrogens is 1360 g/mol. The SMILES string of the molecule is Cc1cc2c(cc1-c1cccc[n+]1C)oc1nc(F)cc(F)c12.Cc1cc2c(cc1-c1cccc[n+]1C)oc1nc(F)ccc12.Cc1cc2c(oc3nc(F)ccc32)c(-c2c3sc4ccccc4c3nc[n+]2C)c1C.Cc1ccc2c(oc3nc(F)ccc32)c1-c1c2sc3ccccc3c2nc[n+]1C. The van der Waals surface area contributed by atoms with Gasteiger partial charge in [-0.3, -0.25) is 0 Å². The Labute approximate surface area is 596 Å². The van der Waals surface area contributed by atoms with Crippen molar-refractivity contribution in [1.82, 2.24) is 29.9 Å². The average Bonchev–Trinajstić information content (AvgIpc) is 1.58. The highest BCUT2D eigenvalue weighted by molar-refractivity contribution is 7.26. The van der Waals surface area contributed by atoms with Crippen molar-refractivity contribution >= 4 is 152 Å². The van der Waals surface area contributed by atoms with E-state index in [0.29, 0.717) is 28.1 Å². The molecule has 0 radical (unpaired) electrons. The van der Waals surface area contributed by atoms with Crippen LogP contribution in [0.3, 0.4) is 0 Å². The number of fused-ring (bicyclic) bond motifs is 18. The minimum Gasteiger partial charge on any atom is -0.438 e. The highest BCUT2D eigenvalue weighted by atomic mass is 32.1. The highest BCUT2D eigenvalue weighted by Crippen LogP contribution is 2.46. The molecule has 20 rings (SSSR count). The van der Waals surface area contributed by atoms with Crippen molar-refractivity contribution in [3.05, 3.63) is 252 Å². The van der Waals surface area contributed by atoms with Crippen LogP contribution in [-0.4, -0.2) is 29.9 Å². The van der Waals surface area contributed by atoms with E-state index < -0.39 is 29.6 Å². The number of halogens is 5. The van der Waals surface area contributed by atoms with Crippen molar-refractivity contribution in [3.8, 4) is 45.0 Å². The number of aryl methyl sites for hydroxylation is 8. The number of aromatic nitrogens is 10. The molecule has 21 heteroatoms. The Bertz CT molecular complexity index is 6980. The fourth-order valence-corrected chi connectivity index (χ4v) is 16.6. The number of thiophene rings is 2. The Morgan fingerprint density at radius 3 is 1.36 bits per heavy atom. The van der Waals surface area contributed by atoms with Gasteiger partial charge in [0.25, 0.3) is 12.7 Å². The molecule has 0 unspecified atom stereocenters. The average molecular weight is 1420 g/mol. The molecule has 14 nitrogen and oxygen atoms in total. The minimum absolute atomic E-state index is 0.0218. The van der Waals surface area contributed by atoms with Crippen LogP contribution in [0, 0.1) is 64.2 Å². The Balaban J connectivity index is 0.000000103. The molecule has 0 fully saturated rings. The zero-order valence-corrected chi connectivity index (χ0v) is 58.9. The summed E-state index contributed by atoms with van der Waals surface area (Å²) in [7, 11) is 7.95. The first kappa shape index (κ1) is 65.0. The normalized spacial score (nSPS) is 11.8. The zero-order valence-electron chi connectivity index (χ0n) is 57.3. The summed E-state index contributed by atoms with van der Waals surface area (Å²) in [6.45, 7) is 10.3. The first-order chi connectivity index (χ1) is 50.3. The molecule has 0 atom stereocenters. The predicted octanol–water partition coefficient (Wildman–Crippen LogP) is 19.7. The molecule has 0 saturated heterocycles. The van der Waals surface area contributed by atoms with Gasteiger partial charge in [-0.15, -0.1) is 22.7 Å². The van der Waals surface area contributed by atoms with Crippen LogP contribution < -0.4 is 18.3 Å². The van der Waals surface area contributed by atoms with Gasteiger partial charge in [0.2, 0.25) is 69.1 Å². The largest absolute Gasteiger partial charge is 0.438 e. The van der Waals surface area contributed by atoms with Crippen LogP contribution in [0.15, 0.2) is 213 Å². The second-order valence-electron chi connectivity index (χ2n) is 25.9. The first-order valence-electron chi connectivity index (χ1n) is 33.2. The first-order valence-corrected chi connectivity index (χ1v) is 34.8. The standard InChI is InChI=1S/C24H17FN3OS.C23H15FN3OS.C18H13F2N2O.C18H14FN2O/c1-12-10-16-14-8-9-18(25)27-24(14)29-22(16)19(13(12)2)21-23-20(26-11-28(21)3)15-6-4-5-7-17(15)30-23;1-12-7-8-13-14-9-10-17(24)26-23(14)28-21(13)18(12)20-22-19(25-11-27(20)2)15-5-3-4-6-16(15)29-22;1-10-7-12-15(8-11(10)14-5-3-4-6-22(14)2)23-18-17(12)13(19)9-16(20)21-18;1-11-9-14-12-6-7-17(19)20-18(12)22-16(14)10-13(11)15-5-3-4-8-21(15)2/h4-11H,1-3H3;3-11H,1-2H3;3-9H,1-2H3;3-10H,1-2H3/q4*+1. The van der Waals surface area contributed by atoms with E-state index in [9.17, 15) is 22.0 Å². The number of benzene rings is 6. The van der Waals surface area contributed by atoms with E-state index in [1.165, 1.54) is 27.6 Å². The molecule has 0 amide bonds. The fraction of sp³-hybridized carbons (Fsp3) is 0.108. The molecule has 14 aromatic heterocycles. The van der Waals surface area contributed by atoms with Crippen LogP contribution in [0.4, 0.5) is 22.0 Å². The van der Waals surface area contributed by atoms with Crippen LogP contribution >= 0.6 is 22.7 Å². The van der Waals surface area contributed by atoms with E-state index in [1.807, 2.05) is 153 Å². The molecule has 20 aromatic rings. The van der Waals surface area contributed by atoms with Crippen LogP contribution in [0.2, 0.25) is 0 Å². The highest BCUT2D eigenvalue weighted by Gasteiger charge is 2.29. The molecule has 104 heavy (non-hydrogen) atoms. The van der Waals surface area contributed by atoms with Crippen LogP contribution in [0.25, 0.3) is 174 Å². The molecule has 0 aliphatic rings. The van der Waals surface area contributed by atoms with Crippen molar-refractivity contribution < 1.29 is 57.9 Å². The molecule has 508 valence electrons. The lowest BCUT2D eigenvalue weighted by Gasteiger charge is -2.10. The number of furan rings is 4. The third-order valence-corrected chi connectivity index (χ3v) is 21.6. The summed E-state index contributed by atoms with van der Waals surface area (Å²) in [5.74, 6) is -3.17. The number of nitrogens with zero attached hydrogens (tertiary/aromatic N) is 10. The van der Waals surface area contributed by atoms with Gasteiger partial charge >= 0.3 is 0 Å². The van der Waals surface area contributed by atoms with Crippen molar-refractivity contribution in [1.29, 1.82) is 0 Å². The van der Waals surface area contributed by atoms with Crippen LogP contribution in [0.1, 0.15) is 27.8 Å². The second-order valence-corrected chi connectivity index (χ2v) is 28.0. The van der Waals surface area contributed by atoms with Gasteiger partial charge in [0.05, 0.1) is 41.7 Å². The third kappa shape index (κ3) is 11.0. The molecule has 6 aromatic carbocycles. The third-order valence-electron chi connectivity index (χ3n) is 19.3. The minimum atomic E-state index is -0.888. The summed E-state index contributed by atoms with van der Waals surface area (Å²) in [5.41, 5.74) is 19.3. The summed E-state index contributed by atoms with van der Waals surface area (Å²) in [6.07, 6.45) is 7.66. The molecule has 0 aliphatic carbocycles. The van der Waals surface area contributed by atoms with Gasteiger partial charge in [-0.2, -0.15) is 37.5 Å². The molecule has 0 saturated carbocycles. The molecule has 0 aliphatic heterocycles. The van der Waals surface area contributed by atoms with Crippen LogP contribution in [-0.2, 0) is 28.2 Å². The molecule has 0 bridgehead atoms. The number of rotatable bonds is 4. The monoisotopic (exact) mass is 1420 g/mol. The summed E-state index contributed by atoms with van der Waals surface area (Å²) in [5, 5.41) is 8.42. The molecule has 0 spiro atoms. The number of pyridine rings is 6. The predicted molar refractivity (Wildman–Crippen MR) is 397 cm³/mol. The van der Waals surface area contributed by atoms with Crippen molar-refractivity contribution in [3.63, 3.8) is 0 Å². The lowest BCUT2D eigenvalue weighted by Crippen LogP contribution is -2.31. The van der Waals surface area contributed by atoms with Gasteiger partial charge in [-0.25, -0.2) is 22.7 Å². The van der Waals surface area contributed by atoms with Crippen molar-refractivity contribution in [2.24, 2.45) is 28.2 Å². The quantitative estimate of drug-likeness (QED) is 0.0948. The van der Waals surface area contributed by atoms with Gasteiger partial charge in [0.15, 0.2) is 23.8 Å². The maximum Gasteiger partial charge on any atom is 0.287 e. The lowest BCUT2D eigenvalue weighted by molar-refractivity contribution is -0.662. The van der Waals surface area contributed by atoms with E-state index in [4.69, 9.17) is 27.6 Å². The maximum atomic E-state index is 14.1. The number of hydrogen-bond donors (Lipinski definition) is 0. The Hall–Kier alpha value is -12.3. The maximum absolute atomic E-state index is 14.1. The number of hydrogen-bond acceptors (Lipinski definition) is 12. The van der Waals surface area contributed by atoms with Gasteiger partial charge in [0, 0.05) is 88.2 Å². The Morgan fingerprint density at radius 1 is 0.356 bits per heavy atom. The summed E-state index contributed by atoms with van der Waals surface area (Å²) in [4.78, 5) is 24.8. The van der Waals surface area contributed by atoms with Crippen molar-refractivity contribution in [2.75, 3.05) is 0 Å². The van der Waals surface area contributed by atoms with Crippen LogP contribution in [0.5, 0.6) is 0 Å². The van der Waals surface area contributed by atoms with Gasteiger partial charge < -0.3 is 17.7 Å². The summed E-state index contributed by atoms with van der Waals surface area (Å²) in [6, 6.07) is 52.6. The Morgan fingerprint density at radius 2 is 0.798 bits per heavy atom. The summed E-state index contributed by atoms with van der Waals surface area (Å²) >= 11 is 3.45. The van der Waals surface area contributed by atoms with E-state index in [1.54, 1.807) is 40.9 Å². The summed E-state index contributed by atoms with van der Waals surface area (Å²) < 4.78 is 104. The second kappa shape index (κ2) is 25.3. The van der Waals surface area contributed by atoms with E-state index in [0.717, 1.165) is 159 Å². The van der Waals surface area contributed by atoms with E-state index >= 15 is 0 Å². The van der Waals surface area contributed by atoms with E-state index in [2.05, 4.69) is 101 Å². The molecular formula is C83H59F5N10O4S2+4. The molecule has 14 heterocycles. The van der Waals surface area contributed by atoms with Crippen molar-refractivity contribution in [2.45, 2.75) is 34.6 Å². The van der Waals surface area contributed by atoms with E-state index in [-0.39, 0.29) is 11.1 Å². The lowest BCUT2D eigenvalue weighted by atomic mass is 9.96. The smallest absolute Gasteiger partial charge is 0.287 e. The topological polar surface area (TPSA) is 145 Å². The van der Waals surface area contributed by atoms with Gasteiger partial charge in [0.1, 0.15) is 51.6 Å². The van der Waals surface area contributed by atoms with Gasteiger partial charge in [-0.1, -0.05) is 36.4 Å². The Kier molecular flexibility index (Phi) is 15.8. The zero-order chi connectivity index (χ0) is 71.7. The fourth-order valence-electron chi connectivity index (χ4n) is 14.1.